The number of hydrogen-bond donors (Lipinski definition) is 1. The Morgan fingerprint density at radius 1 is 0.900 bits per heavy atom. The van der Waals surface area contributed by atoms with E-state index in [4.69, 9.17) is 4.74 Å². The summed E-state index contributed by atoms with van der Waals surface area (Å²) < 4.78 is 88.1. The highest BCUT2D eigenvalue weighted by atomic mass is 79.9. The molecule has 1 saturated heterocycles. The highest BCUT2D eigenvalue weighted by molar-refractivity contribution is 9.10. The van der Waals surface area contributed by atoms with E-state index in [9.17, 15) is 26.3 Å². The van der Waals surface area contributed by atoms with Gasteiger partial charge >= 0.3 is 12.4 Å². The average molecular weight is 627 g/mol. The number of hydrogen-bond acceptors (Lipinski definition) is 6. The van der Waals surface area contributed by atoms with Crippen LogP contribution in [0.2, 0.25) is 0 Å². The number of ether oxygens (including phenoxy) is 1. The second-order valence-corrected chi connectivity index (χ2v) is 10.5. The van der Waals surface area contributed by atoms with E-state index in [1.165, 1.54) is 4.90 Å². The number of morpholine rings is 1. The number of H-pyrrole nitrogens is 1. The lowest BCUT2D eigenvalue weighted by molar-refractivity contribution is -0.147. The Hall–Kier alpha value is -3.39. The van der Waals surface area contributed by atoms with Gasteiger partial charge in [0.1, 0.15) is 5.82 Å². The quantitative estimate of drug-likeness (QED) is 0.276. The average Bonchev–Trinajstić information content (AvgIpc) is 3.30. The van der Waals surface area contributed by atoms with Crippen LogP contribution >= 0.6 is 15.9 Å². The van der Waals surface area contributed by atoms with Crippen LogP contribution in [0.5, 0.6) is 0 Å². The minimum absolute atomic E-state index is 0.0625. The summed E-state index contributed by atoms with van der Waals surface area (Å²) in [6, 6.07) is 8.34. The number of nitrogens with zero attached hydrogens (tertiary/aromatic N) is 5. The first-order valence-electron chi connectivity index (χ1n) is 12.4. The van der Waals surface area contributed by atoms with Crippen molar-refractivity contribution in [3.05, 3.63) is 75.3 Å². The maximum Gasteiger partial charge on any atom is 0.433 e. The fraction of sp³-hybridized carbons (Fsp3) is 0.346. The lowest BCUT2D eigenvalue weighted by atomic mass is 9.93. The van der Waals surface area contributed by atoms with Gasteiger partial charge in [-0.2, -0.15) is 26.3 Å². The van der Waals surface area contributed by atoms with Crippen LogP contribution in [0.1, 0.15) is 34.3 Å². The summed E-state index contributed by atoms with van der Waals surface area (Å²) in [5, 5.41) is 0.910. The monoisotopic (exact) mass is 626 g/mol. The van der Waals surface area contributed by atoms with Crippen molar-refractivity contribution in [3.8, 4) is 0 Å². The number of nitrogens with one attached hydrogen (secondary N) is 1. The smallest absolute Gasteiger partial charge is 0.378 e. The molecule has 0 spiro atoms. The largest absolute Gasteiger partial charge is 0.433 e. The lowest BCUT2D eigenvalue weighted by Crippen LogP contribution is -2.38. The molecule has 0 aliphatic carbocycles. The molecule has 1 N–H and O–H groups in total. The summed E-state index contributed by atoms with van der Waals surface area (Å²) >= 11 is 3.47. The van der Waals surface area contributed by atoms with Gasteiger partial charge in [0.05, 0.1) is 19.3 Å². The standard InChI is InChI=1S/C26H21BrF6N6O/c27-15-2-3-18-17(11-15)16-5-6-39(24-36-19(25(28,29)30)12-20(37-24)26(31,32)33)23(22(16)35-18)14-1-4-21(34-13-14)38-7-9-40-10-8-38/h1-4,11-13,23,35H,5-10H2/t23-/m0/s1. The van der Waals surface area contributed by atoms with Crippen molar-refractivity contribution in [3.63, 3.8) is 0 Å². The molecule has 4 aromatic rings. The third-order valence-electron chi connectivity index (χ3n) is 7.06. The Morgan fingerprint density at radius 3 is 2.23 bits per heavy atom. The minimum atomic E-state index is -5.09. The number of alkyl halides is 6. The number of pyridine rings is 1. The molecule has 3 aromatic heterocycles. The maximum absolute atomic E-state index is 13.7. The lowest BCUT2D eigenvalue weighted by Gasteiger charge is -2.36. The fourth-order valence-corrected chi connectivity index (χ4v) is 5.58. The van der Waals surface area contributed by atoms with Crippen LogP contribution in [0.3, 0.4) is 0 Å². The van der Waals surface area contributed by atoms with Crippen molar-refractivity contribution in [2.45, 2.75) is 24.8 Å². The second-order valence-electron chi connectivity index (χ2n) is 9.54. The first kappa shape index (κ1) is 26.8. The third kappa shape index (κ3) is 4.98. The van der Waals surface area contributed by atoms with E-state index in [1.807, 2.05) is 23.1 Å². The summed E-state index contributed by atoms with van der Waals surface area (Å²) in [4.78, 5) is 18.5. The molecule has 0 radical (unpaired) electrons. The number of halogens is 7. The van der Waals surface area contributed by atoms with Gasteiger partial charge in [0.15, 0.2) is 11.4 Å². The van der Waals surface area contributed by atoms with Crippen molar-refractivity contribution in [2.24, 2.45) is 0 Å². The van der Waals surface area contributed by atoms with E-state index in [-0.39, 0.29) is 12.6 Å². The Labute approximate surface area is 232 Å². The molecule has 5 heterocycles. The van der Waals surface area contributed by atoms with Gasteiger partial charge in [-0.3, -0.25) is 0 Å². The molecule has 6 rings (SSSR count). The molecule has 2 aliphatic rings. The number of anilines is 2. The molecule has 40 heavy (non-hydrogen) atoms. The molecule has 2 aliphatic heterocycles. The van der Waals surface area contributed by atoms with Crippen LogP contribution in [-0.2, 0) is 23.5 Å². The molecular formula is C26H21BrF6N6O. The van der Waals surface area contributed by atoms with Crippen LogP contribution in [0.4, 0.5) is 38.1 Å². The van der Waals surface area contributed by atoms with Crippen molar-refractivity contribution in [1.82, 2.24) is 19.9 Å². The first-order valence-corrected chi connectivity index (χ1v) is 13.2. The fourth-order valence-electron chi connectivity index (χ4n) is 5.21. The van der Waals surface area contributed by atoms with Gasteiger partial charge in [0.25, 0.3) is 0 Å². The number of rotatable bonds is 3. The molecule has 1 aromatic carbocycles. The van der Waals surface area contributed by atoms with E-state index in [0.717, 1.165) is 20.9 Å². The van der Waals surface area contributed by atoms with Crippen molar-refractivity contribution >= 4 is 38.6 Å². The SMILES string of the molecule is FC(F)(F)c1cc(C(F)(F)F)nc(N2CCc3c([nH]c4ccc(Br)cc34)[C@@H]2c2ccc(N3CCOCC3)nc2)n1. The predicted molar refractivity (Wildman–Crippen MR) is 138 cm³/mol. The number of fused-ring (bicyclic) bond motifs is 3. The molecule has 0 bridgehead atoms. The zero-order valence-electron chi connectivity index (χ0n) is 20.7. The van der Waals surface area contributed by atoms with Crippen molar-refractivity contribution < 1.29 is 31.1 Å². The van der Waals surface area contributed by atoms with Gasteiger partial charge in [0, 0.05) is 46.9 Å². The zero-order chi connectivity index (χ0) is 28.2. The van der Waals surface area contributed by atoms with Gasteiger partial charge in [0.2, 0.25) is 5.95 Å². The molecule has 0 unspecified atom stereocenters. The van der Waals surface area contributed by atoms with Crippen LogP contribution in [0.15, 0.2) is 47.1 Å². The summed E-state index contributed by atoms with van der Waals surface area (Å²) in [6.07, 6.45) is -8.24. The number of benzene rings is 1. The molecule has 14 heteroatoms. The highest BCUT2D eigenvalue weighted by Gasteiger charge is 2.42. The third-order valence-corrected chi connectivity index (χ3v) is 7.56. The molecule has 210 valence electrons. The Balaban J connectivity index is 1.50. The maximum atomic E-state index is 13.7. The van der Waals surface area contributed by atoms with Gasteiger partial charge in [-0.1, -0.05) is 22.0 Å². The van der Waals surface area contributed by atoms with Crippen LogP contribution in [0, 0.1) is 0 Å². The minimum Gasteiger partial charge on any atom is -0.378 e. The first-order chi connectivity index (χ1) is 19.0. The molecule has 1 atom stereocenters. The van der Waals surface area contributed by atoms with E-state index in [1.54, 1.807) is 18.3 Å². The summed E-state index contributed by atoms with van der Waals surface area (Å²) in [5.74, 6) is 0.0415. The van der Waals surface area contributed by atoms with Gasteiger partial charge in [-0.25, -0.2) is 15.0 Å². The Morgan fingerprint density at radius 2 is 1.60 bits per heavy atom. The van der Waals surface area contributed by atoms with E-state index >= 15 is 0 Å². The van der Waals surface area contributed by atoms with Crippen LogP contribution in [-0.4, -0.2) is 52.8 Å². The van der Waals surface area contributed by atoms with Crippen molar-refractivity contribution in [1.29, 1.82) is 0 Å². The molecule has 0 amide bonds. The van der Waals surface area contributed by atoms with E-state index in [2.05, 4.69) is 35.9 Å². The van der Waals surface area contributed by atoms with Gasteiger partial charge in [-0.15, -0.1) is 0 Å². The molecule has 7 nitrogen and oxygen atoms in total. The summed E-state index contributed by atoms with van der Waals surface area (Å²) in [5.41, 5.74) is -0.406. The Kier molecular flexibility index (Phi) is 6.64. The summed E-state index contributed by atoms with van der Waals surface area (Å²) in [6.45, 7) is 2.51. The van der Waals surface area contributed by atoms with Gasteiger partial charge < -0.3 is 19.5 Å². The molecular weight excluding hydrogens is 606 g/mol. The van der Waals surface area contributed by atoms with Crippen LogP contribution in [0.25, 0.3) is 10.9 Å². The van der Waals surface area contributed by atoms with E-state index < -0.39 is 35.7 Å². The molecule has 1 fully saturated rings. The van der Waals surface area contributed by atoms with Crippen LogP contribution < -0.4 is 9.80 Å². The summed E-state index contributed by atoms with van der Waals surface area (Å²) in [7, 11) is 0. The van der Waals surface area contributed by atoms with Crippen molar-refractivity contribution in [2.75, 3.05) is 42.6 Å². The molecule has 0 saturated carbocycles. The second kappa shape index (κ2) is 9.91. The predicted octanol–water partition coefficient (Wildman–Crippen LogP) is 6.14. The normalized spacial score (nSPS) is 18.3. The zero-order valence-corrected chi connectivity index (χ0v) is 22.2. The number of aromatic nitrogens is 4. The Bertz CT molecular complexity index is 1520. The van der Waals surface area contributed by atoms with E-state index in [0.29, 0.717) is 49.8 Å². The van der Waals surface area contributed by atoms with Gasteiger partial charge in [-0.05, 0) is 47.9 Å². The topological polar surface area (TPSA) is 70.2 Å². The number of aromatic amines is 1. The highest BCUT2D eigenvalue weighted by Crippen LogP contribution is 2.42.